The maximum atomic E-state index is 10.7. The van der Waals surface area contributed by atoms with Crippen LogP contribution in [-0.4, -0.2) is 25.4 Å². The molecule has 0 aromatic carbocycles. The van der Waals surface area contributed by atoms with Crippen molar-refractivity contribution in [3.05, 3.63) is 0 Å². The first-order valence-corrected chi connectivity index (χ1v) is 3.26. The molecule has 1 N–H and O–H groups in total. The third kappa shape index (κ3) is 7.46. The van der Waals surface area contributed by atoms with E-state index in [9.17, 15) is 22.0 Å². The second kappa shape index (κ2) is 4.44. The minimum Gasteiger partial charge on any atom is -0.279 e. The highest BCUT2D eigenvalue weighted by Gasteiger charge is 2.44. The summed E-state index contributed by atoms with van der Waals surface area (Å²) in [5, 5.41) is 0. The van der Waals surface area contributed by atoms with Gasteiger partial charge in [0.15, 0.2) is 0 Å². The van der Waals surface area contributed by atoms with Crippen LogP contribution in [0.4, 0.5) is 22.0 Å². The van der Waals surface area contributed by atoms with E-state index in [1.54, 1.807) is 0 Å². The zero-order valence-corrected chi connectivity index (χ0v) is 5.59. The van der Waals surface area contributed by atoms with Gasteiger partial charge in [0.1, 0.15) is 0 Å². The van der Waals surface area contributed by atoms with Crippen molar-refractivity contribution in [2.24, 2.45) is 0 Å². The molecule has 11 heavy (non-hydrogen) atoms. The average Bonchev–Trinajstić information content (AvgIpc) is 1.60. The normalized spacial score (nSPS) is 11.8. The standard InChI is InChI=1S/CHF3O3S.CH2F2/c2-1(3,4)8(5,6)7;2-1-3/h(H,5,6,7);1H2. The molecule has 0 saturated heterocycles. The van der Waals surface area contributed by atoms with Crippen LogP contribution in [0.1, 0.15) is 0 Å². The molecule has 0 atom stereocenters. The molecule has 0 saturated carbocycles. The molecular formula is C2H3F5O3S. The highest BCUT2D eigenvalue weighted by atomic mass is 32.2. The van der Waals surface area contributed by atoms with Crippen molar-refractivity contribution in [1.82, 2.24) is 0 Å². The Labute approximate surface area is 58.6 Å². The summed E-state index contributed by atoms with van der Waals surface area (Å²) in [7, 11) is -5.84. The van der Waals surface area contributed by atoms with Crippen molar-refractivity contribution >= 4 is 10.1 Å². The molecule has 0 spiro atoms. The Bertz CT molecular complexity index is 180. The van der Waals surface area contributed by atoms with Crippen LogP contribution in [0.15, 0.2) is 0 Å². The van der Waals surface area contributed by atoms with Crippen molar-refractivity contribution in [2.75, 3.05) is 6.93 Å². The van der Waals surface area contributed by atoms with Gasteiger partial charge in [0, 0.05) is 0 Å². The quantitative estimate of drug-likeness (QED) is 0.365. The van der Waals surface area contributed by atoms with Crippen molar-refractivity contribution in [3.8, 4) is 0 Å². The molecule has 0 rings (SSSR count). The minimum absolute atomic E-state index is 1.75. The van der Waals surface area contributed by atoms with E-state index in [-0.39, 0.29) is 0 Å². The van der Waals surface area contributed by atoms with Crippen molar-refractivity contribution in [2.45, 2.75) is 5.51 Å². The summed E-state index contributed by atoms with van der Waals surface area (Å²) in [6.07, 6.45) is 0. The van der Waals surface area contributed by atoms with E-state index in [0.29, 0.717) is 0 Å². The molecule has 0 radical (unpaired) electrons. The summed E-state index contributed by atoms with van der Waals surface area (Å²) < 4.78 is 76.8. The van der Waals surface area contributed by atoms with Gasteiger partial charge in [-0.25, -0.2) is 8.78 Å². The highest BCUT2D eigenvalue weighted by molar-refractivity contribution is 7.86. The van der Waals surface area contributed by atoms with Crippen molar-refractivity contribution in [1.29, 1.82) is 0 Å². The second-order valence-electron chi connectivity index (χ2n) is 1.02. The van der Waals surface area contributed by atoms with Crippen LogP contribution in [0, 0.1) is 0 Å². The maximum Gasteiger partial charge on any atom is 0.522 e. The van der Waals surface area contributed by atoms with Crippen molar-refractivity contribution in [3.63, 3.8) is 0 Å². The molecule has 0 aliphatic rings. The Morgan fingerprint density at radius 1 is 1.18 bits per heavy atom. The van der Waals surface area contributed by atoms with Gasteiger partial charge in [-0.2, -0.15) is 21.6 Å². The summed E-state index contributed by atoms with van der Waals surface area (Å²) in [5.74, 6) is 0. The largest absolute Gasteiger partial charge is 0.522 e. The Morgan fingerprint density at radius 3 is 1.27 bits per heavy atom. The van der Waals surface area contributed by atoms with E-state index < -0.39 is 22.6 Å². The van der Waals surface area contributed by atoms with Gasteiger partial charge in [-0.1, -0.05) is 0 Å². The highest BCUT2D eigenvalue weighted by Crippen LogP contribution is 2.20. The first kappa shape index (κ1) is 13.2. The van der Waals surface area contributed by atoms with Crippen LogP contribution < -0.4 is 0 Å². The SMILES string of the molecule is FCF.O=S(=O)(O)C(F)(F)F. The van der Waals surface area contributed by atoms with Gasteiger partial charge < -0.3 is 0 Å². The summed E-state index contributed by atoms with van der Waals surface area (Å²) in [5.41, 5.74) is -5.53. The molecule has 0 aromatic rings. The van der Waals surface area contributed by atoms with Crippen LogP contribution in [0.25, 0.3) is 0 Å². The molecule has 0 amide bonds. The zero-order valence-electron chi connectivity index (χ0n) is 4.77. The Hall–Kier alpha value is -0.440. The zero-order chi connectivity index (χ0) is 9.71. The van der Waals surface area contributed by atoms with E-state index in [4.69, 9.17) is 13.0 Å². The molecule has 0 aliphatic heterocycles. The molecule has 0 unspecified atom stereocenters. The molecule has 70 valence electrons. The smallest absolute Gasteiger partial charge is 0.279 e. The average molecular weight is 202 g/mol. The summed E-state index contributed by atoms with van der Waals surface area (Å²) in [6.45, 7) is -1.75. The predicted octanol–water partition coefficient (Wildman–Crippen LogP) is 1.28. The Kier molecular flexibility index (Phi) is 5.32. The van der Waals surface area contributed by atoms with Crippen LogP contribution in [0.2, 0.25) is 0 Å². The maximum absolute atomic E-state index is 10.7. The number of halogens is 5. The van der Waals surface area contributed by atoms with Gasteiger partial charge in [-0.3, -0.25) is 4.55 Å². The van der Waals surface area contributed by atoms with Gasteiger partial charge in [0.2, 0.25) is 6.93 Å². The van der Waals surface area contributed by atoms with Crippen LogP contribution >= 0.6 is 0 Å². The van der Waals surface area contributed by atoms with Gasteiger partial charge in [0.05, 0.1) is 0 Å². The summed E-state index contributed by atoms with van der Waals surface area (Å²) in [4.78, 5) is 0. The van der Waals surface area contributed by atoms with Crippen LogP contribution in [0.3, 0.4) is 0 Å². The monoisotopic (exact) mass is 202 g/mol. The first-order valence-electron chi connectivity index (χ1n) is 1.82. The van der Waals surface area contributed by atoms with Crippen LogP contribution in [0.5, 0.6) is 0 Å². The predicted molar refractivity (Wildman–Crippen MR) is 24.7 cm³/mol. The number of hydrogen-bond acceptors (Lipinski definition) is 2. The molecule has 0 heterocycles. The van der Waals surface area contributed by atoms with Crippen molar-refractivity contribution < 1.29 is 34.9 Å². The summed E-state index contributed by atoms with van der Waals surface area (Å²) >= 11 is 0. The topological polar surface area (TPSA) is 54.4 Å². The molecular weight excluding hydrogens is 199 g/mol. The van der Waals surface area contributed by atoms with E-state index in [2.05, 4.69) is 0 Å². The summed E-state index contributed by atoms with van der Waals surface area (Å²) in [6, 6.07) is 0. The lowest BCUT2D eigenvalue weighted by atomic mass is 11.6. The third-order valence-corrected chi connectivity index (χ3v) is 0.877. The molecule has 0 aromatic heterocycles. The van der Waals surface area contributed by atoms with E-state index in [1.165, 1.54) is 0 Å². The fourth-order valence-electron chi connectivity index (χ4n) is 0. The van der Waals surface area contributed by atoms with E-state index in [1.807, 2.05) is 0 Å². The lowest BCUT2D eigenvalue weighted by molar-refractivity contribution is -0.0510. The molecule has 0 bridgehead atoms. The van der Waals surface area contributed by atoms with Gasteiger partial charge in [-0.15, -0.1) is 0 Å². The fraction of sp³-hybridized carbons (Fsp3) is 1.00. The van der Waals surface area contributed by atoms with Crippen LogP contribution in [-0.2, 0) is 10.1 Å². The van der Waals surface area contributed by atoms with Gasteiger partial charge in [-0.05, 0) is 0 Å². The van der Waals surface area contributed by atoms with E-state index in [0.717, 1.165) is 0 Å². The minimum atomic E-state index is -5.84. The third-order valence-electron chi connectivity index (χ3n) is 0.292. The Balaban J connectivity index is 0. The second-order valence-corrected chi connectivity index (χ2v) is 2.43. The molecule has 3 nitrogen and oxygen atoms in total. The van der Waals surface area contributed by atoms with Gasteiger partial charge in [0.25, 0.3) is 0 Å². The Morgan fingerprint density at radius 2 is 1.27 bits per heavy atom. The molecule has 9 heteroatoms. The molecule has 0 aliphatic carbocycles. The number of rotatable bonds is 0. The lowest BCUT2D eigenvalue weighted by Gasteiger charge is -1.97. The first-order chi connectivity index (χ1) is 4.66. The van der Waals surface area contributed by atoms with Gasteiger partial charge >= 0.3 is 15.6 Å². The van der Waals surface area contributed by atoms with E-state index >= 15 is 0 Å². The fourth-order valence-corrected chi connectivity index (χ4v) is 0. The number of hydrogen-bond donors (Lipinski definition) is 1. The lowest BCUT2D eigenvalue weighted by Crippen LogP contribution is -2.21. The number of alkyl halides is 5. The molecule has 0 fully saturated rings.